The van der Waals surface area contributed by atoms with Crippen molar-refractivity contribution in [2.75, 3.05) is 44.2 Å². The first-order valence-electron chi connectivity index (χ1n) is 10.5. The fourth-order valence-electron chi connectivity index (χ4n) is 4.53. The predicted octanol–water partition coefficient (Wildman–Crippen LogP) is 2.55. The summed E-state index contributed by atoms with van der Waals surface area (Å²) in [6, 6.07) is 3.92. The number of aromatic nitrogens is 1. The van der Waals surface area contributed by atoms with Crippen LogP contribution in [0.25, 0.3) is 0 Å². The highest BCUT2D eigenvalue weighted by molar-refractivity contribution is 5.94. The third-order valence-corrected chi connectivity index (χ3v) is 6.23. The maximum atomic E-state index is 12.8. The van der Waals surface area contributed by atoms with Crippen molar-refractivity contribution in [2.24, 2.45) is 5.92 Å². The van der Waals surface area contributed by atoms with Gasteiger partial charge in [-0.2, -0.15) is 0 Å². The van der Waals surface area contributed by atoms with Gasteiger partial charge < -0.3 is 14.7 Å². The second-order valence-corrected chi connectivity index (χ2v) is 8.13. The van der Waals surface area contributed by atoms with Gasteiger partial charge in [-0.05, 0) is 56.6 Å². The van der Waals surface area contributed by atoms with E-state index < -0.39 is 0 Å². The van der Waals surface area contributed by atoms with E-state index in [0.717, 1.165) is 64.3 Å². The second-order valence-electron chi connectivity index (χ2n) is 8.13. The molecule has 0 spiro atoms. The van der Waals surface area contributed by atoms with E-state index in [9.17, 15) is 9.59 Å². The monoisotopic (exact) mass is 370 g/mol. The number of nitrogens with zero attached hydrogens (tertiary/aromatic N) is 4. The van der Waals surface area contributed by atoms with Crippen LogP contribution in [0.3, 0.4) is 0 Å². The molecule has 2 amide bonds. The summed E-state index contributed by atoms with van der Waals surface area (Å²) in [7, 11) is 0. The van der Waals surface area contributed by atoms with E-state index in [4.69, 9.17) is 0 Å². The van der Waals surface area contributed by atoms with Gasteiger partial charge in [0.05, 0.1) is 5.56 Å². The van der Waals surface area contributed by atoms with Crippen LogP contribution >= 0.6 is 0 Å². The van der Waals surface area contributed by atoms with Crippen molar-refractivity contribution in [1.82, 2.24) is 14.8 Å². The summed E-state index contributed by atoms with van der Waals surface area (Å²) in [6.07, 6.45) is 9.15. The number of carbonyl (C=O) groups excluding carboxylic acids is 2. The zero-order valence-corrected chi connectivity index (χ0v) is 16.1. The van der Waals surface area contributed by atoms with Crippen molar-refractivity contribution in [2.45, 2.75) is 44.9 Å². The topological polar surface area (TPSA) is 56.8 Å². The zero-order valence-electron chi connectivity index (χ0n) is 16.1. The Morgan fingerprint density at radius 2 is 1.78 bits per heavy atom. The summed E-state index contributed by atoms with van der Waals surface area (Å²) < 4.78 is 0. The molecule has 6 nitrogen and oxygen atoms in total. The van der Waals surface area contributed by atoms with Crippen LogP contribution in [0.5, 0.6) is 0 Å². The first-order chi connectivity index (χ1) is 13.2. The summed E-state index contributed by atoms with van der Waals surface area (Å²) in [5, 5.41) is 0. The van der Waals surface area contributed by atoms with Crippen LogP contribution in [0.2, 0.25) is 0 Å². The number of pyridine rings is 1. The zero-order chi connectivity index (χ0) is 18.6. The number of anilines is 1. The average Bonchev–Trinajstić information content (AvgIpc) is 3.13. The normalized spacial score (nSPS) is 21.8. The van der Waals surface area contributed by atoms with E-state index >= 15 is 0 Å². The second kappa shape index (κ2) is 8.28. The van der Waals surface area contributed by atoms with Gasteiger partial charge in [0, 0.05) is 51.9 Å². The molecule has 4 heterocycles. The molecule has 0 N–H and O–H groups in total. The largest absolute Gasteiger partial charge is 0.357 e. The number of carbonyl (C=O) groups is 2. The lowest BCUT2D eigenvalue weighted by atomic mass is 9.96. The van der Waals surface area contributed by atoms with Crippen molar-refractivity contribution >= 4 is 17.6 Å². The van der Waals surface area contributed by atoms with Crippen molar-refractivity contribution < 1.29 is 9.59 Å². The first kappa shape index (κ1) is 18.3. The van der Waals surface area contributed by atoms with Crippen LogP contribution in [0.15, 0.2) is 18.3 Å². The van der Waals surface area contributed by atoms with Gasteiger partial charge in [0.25, 0.3) is 5.91 Å². The molecule has 3 saturated heterocycles. The number of amides is 2. The van der Waals surface area contributed by atoms with E-state index in [1.807, 2.05) is 21.9 Å². The molecular formula is C21H30N4O2. The van der Waals surface area contributed by atoms with Crippen LogP contribution in [-0.2, 0) is 4.79 Å². The smallest absolute Gasteiger partial charge is 0.255 e. The Balaban J connectivity index is 1.29. The van der Waals surface area contributed by atoms with E-state index in [1.54, 1.807) is 6.20 Å². The minimum Gasteiger partial charge on any atom is -0.357 e. The number of hydrogen-bond acceptors (Lipinski definition) is 4. The van der Waals surface area contributed by atoms with Crippen molar-refractivity contribution in [3.8, 4) is 0 Å². The fourth-order valence-corrected chi connectivity index (χ4v) is 4.53. The molecule has 3 aliphatic rings. The van der Waals surface area contributed by atoms with Crippen molar-refractivity contribution in [3.63, 3.8) is 0 Å². The summed E-state index contributed by atoms with van der Waals surface area (Å²) in [4.78, 5) is 35.4. The van der Waals surface area contributed by atoms with E-state index in [1.165, 1.54) is 19.3 Å². The molecule has 0 atom stereocenters. The van der Waals surface area contributed by atoms with Crippen LogP contribution < -0.4 is 4.90 Å². The Kier molecular flexibility index (Phi) is 5.60. The number of hydrogen-bond donors (Lipinski definition) is 0. The molecule has 146 valence electrons. The van der Waals surface area contributed by atoms with Crippen LogP contribution in [0.4, 0.5) is 5.82 Å². The van der Waals surface area contributed by atoms with E-state index in [2.05, 4.69) is 9.88 Å². The third-order valence-electron chi connectivity index (χ3n) is 6.23. The van der Waals surface area contributed by atoms with E-state index in [0.29, 0.717) is 23.8 Å². The van der Waals surface area contributed by atoms with E-state index in [-0.39, 0.29) is 5.91 Å². The van der Waals surface area contributed by atoms with Gasteiger partial charge in [0.15, 0.2) is 0 Å². The highest BCUT2D eigenvalue weighted by Crippen LogP contribution is 2.23. The van der Waals surface area contributed by atoms with Gasteiger partial charge in [0.1, 0.15) is 5.82 Å². The molecule has 27 heavy (non-hydrogen) atoms. The average molecular weight is 370 g/mol. The maximum absolute atomic E-state index is 12.8. The fraction of sp³-hybridized carbons (Fsp3) is 0.667. The number of piperidine rings is 2. The Labute approximate surface area is 161 Å². The minimum atomic E-state index is 0.0865. The lowest BCUT2D eigenvalue weighted by Crippen LogP contribution is -2.42. The van der Waals surface area contributed by atoms with Gasteiger partial charge in [-0.25, -0.2) is 4.98 Å². The Hall–Kier alpha value is -2.11. The molecule has 0 radical (unpaired) electrons. The Bertz CT molecular complexity index is 661. The molecule has 0 unspecified atom stereocenters. The SMILES string of the molecule is O=C1CCCN1CC1CCN(C(=O)c2ccc(N3CCCCC3)nc2)CC1. The molecule has 6 heteroatoms. The molecule has 0 aliphatic carbocycles. The molecule has 0 aromatic carbocycles. The Morgan fingerprint density at radius 3 is 2.41 bits per heavy atom. The predicted molar refractivity (Wildman–Crippen MR) is 105 cm³/mol. The number of likely N-dealkylation sites (tertiary alicyclic amines) is 2. The Morgan fingerprint density at radius 1 is 1.00 bits per heavy atom. The highest BCUT2D eigenvalue weighted by atomic mass is 16.2. The van der Waals surface area contributed by atoms with Crippen LogP contribution in [0.1, 0.15) is 55.3 Å². The van der Waals surface area contributed by atoms with Gasteiger partial charge >= 0.3 is 0 Å². The molecule has 1 aromatic heterocycles. The first-order valence-corrected chi connectivity index (χ1v) is 10.5. The maximum Gasteiger partial charge on any atom is 0.255 e. The summed E-state index contributed by atoms with van der Waals surface area (Å²) in [6.45, 7) is 5.46. The quantitative estimate of drug-likeness (QED) is 0.817. The lowest BCUT2D eigenvalue weighted by molar-refractivity contribution is -0.128. The van der Waals surface area contributed by atoms with Crippen molar-refractivity contribution in [1.29, 1.82) is 0 Å². The van der Waals surface area contributed by atoms with Gasteiger partial charge in [-0.3, -0.25) is 9.59 Å². The summed E-state index contributed by atoms with van der Waals surface area (Å²) in [5.74, 6) is 1.90. The molecular weight excluding hydrogens is 340 g/mol. The van der Waals surface area contributed by atoms with Gasteiger partial charge in [-0.15, -0.1) is 0 Å². The number of rotatable bonds is 4. The summed E-state index contributed by atoms with van der Waals surface area (Å²) in [5.41, 5.74) is 0.684. The van der Waals surface area contributed by atoms with Crippen LogP contribution in [0, 0.1) is 5.92 Å². The molecule has 0 bridgehead atoms. The third kappa shape index (κ3) is 4.25. The molecule has 0 saturated carbocycles. The van der Waals surface area contributed by atoms with Crippen LogP contribution in [-0.4, -0.2) is 65.9 Å². The molecule has 3 aliphatic heterocycles. The molecule has 1 aromatic rings. The van der Waals surface area contributed by atoms with Gasteiger partial charge in [0.2, 0.25) is 5.91 Å². The standard InChI is InChI=1S/C21H30N4O2/c26-20-5-4-12-25(20)16-17-8-13-24(14-9-17)21(27)18-6-7-19(22-15-18)23-10-2-1-3-11-23/h6-7,15,17H,1-5,8-14,16H2. The van der Waals surface area contributed by atoms with Crippen molar-refractivity contribution in [3.05, 3.63) is 23.9 Å². The lowest BCUT2D eigenvalue weighted by Gasteiger charge is -2.34. The molecule has 3 fully saturated rings. The summed E-state index contributed by atoms with van der Waals surface area (Å²) >= 11 is 0. The molecule has 4 rings (SSSR count). The highest BCUT2D eigenvalue weighted by Gasteiger charge is 2.28. The minimum absolute atomic E-state index is 0.0865. The van der Waals surface area contributed by atoms with Gasteiger partial charge in [-0.1, -0.05) is 0 Å².